The van der Waals surface area contributed by atoms with E-state index in [0.29, 0.717) is 30.1 Å². The number of nitrogens with zero attached hydrogens (tertiary/aromatic N) is 4. The van der Waals surface area contributed by atoms with E-state index < -0.39 is 16.1 Å². The van der Waals surface area contributed by atoms with E-state index in [1.165, 1.54) is 15.8 Å². The van der Waals surface area contributed by atoms with Crippen molar-refractivity contribution in [1.82, 2.24) is 14.1 Å². The third kappa shape index (κ3) is 3.68. The smallest absolute Gasteiger partial charge is 0.289 e. The molecule has 2 aromatic carbocycles. The molecule has 2 amide bonds. The molecule has 0 fully saturated rings. The van der Waals surface area contributed by atoms with Gasteiger partial charge in [-0.25, -0.2) is 9.10 Å². The normalized spacial score (nSPS) is 15.3. The van der Waals surface area contributed by atoms with Crippen LogP contribution in [0.25, 0.3) is 0 Å². The molecule has 0 bridgehead atoms. The van der Waals surface area contributed by atoms with E-state index in [1.54, 1.807) is 13.1 Å². The van der Waals surface area contributed by atoms with Crippen LogP contribution < -0.4 is 4.90 Å². The average Bonchev–Trinajstić information content (AvgIpc) is 3.12. The maximum Gasteiger partial charge on any atom is 0.338 e. The first kappa shape index (κ1) is 20.4. The number of amides is 2. The number of benzene rings is 2. The minimum Gasteiger partial charge on any atom is -0.289 e. The lowest BCUT2D eigenvalue weighted by molar-refractivity contribution is 0.227. The summed E-state index contributed by atoms with van der Waals surface area (Å²) in [6.07, 6.45) is 2.34. The lowest BCUT2D eigenvalue weighted by Gasteiger charge is -2.34. The highest BCUT2D eigenvalue weighted by Crippen LogP contribution is 2.34. The van der Waals surface area contributed by atoms with Gasteiger partial charge in [0.1, 0.15) is 5.69 Å². The van der Waals surface area contributed by atoms with Gasteiger partial charge < -0.3 is 0 Å². The zero-order chi connectivity index (χ0) is 21.3. The monoisotopic (exact) mass is 444 g/mol. The number of aromatic nitrogens is 2. The van der Waals surface area contributed by atoms with Crippen molar-refractivity contribution < 1.29 is 13.2 Å². The maximum atomic E-state index is 13.2. The Balaban J connectivity index is 1.64. The summed E-state index contributed by atoms with van der Waals surface area (Å²) in [7, 11) is -2.43. The van der Waals surface area contributed by atoms with Crippen molar-refractivity contribution >= 4 is 33.3 Å². The van der Waals surface area contributed by atoms with Crippen molar-refractivity contribution in [2.24, 2.45) is 7.05 Å². The number of aryl methyl sites for hydroxylation is 1. The van der Waals surface area contributed by atoms with Crippen molar-refractivity contribution in [3.05, 3.63) is 76.9 Å². The molecule has 0 spiro atoms. The molecule has 1 aliphatic rings. The number of rotatable bonds is 6. The van der Waals surface area contributed by atoms with Gasteiger partial charge in [-0.05, 0) is 30.0 Å². The quantitative estimate of drug-likeness (QED) is 0.583. The Labute approximate surface area is 180 Å². The van der Waals surface area contributed by atoms with E-state index in [2.05, 4.69) is 5.10 Å². The van der Waals surface area contributed by atoms with E-state index in [1.807, 2.05) is 48.5 Å². The molecule has 0 N–H and O–H groups in total. The Hall–Kier alpha value is -2.84. The summed E-state index contributed by atoms with van der Waals surface area (Å²) in [5.41, 5.74) is 2.14. The van der Waals surface area contributed by atoms with Crippen molar-refractivity contribution in [3.8, 4) is 0 Å². The minimum atomic E-state index is -4.00. The number of anilines is 1. The SMILES string of the molecule is Cn1ncc2c1S(=O)(=O)N(CCc1ccccc1)C(=O)N2CCc1ccccc1Cl. The molecule has 0 saturated carbocycles. The van der Waals surface area contributed by atoms with Crippen LogP contribution in [0, 0.1) is 0 Å². The number of carbonyl (C=O) groups excluding carboxylic acids is 1. The Bertz CT molecular complexity index is 1180. The maximum absolute atomic E-state index is 13.2. The van der Waals surface area contributed by atoms with Crippen LogP contribution in [0.1, 0.15) is 11.1 Å². The van der Waals surface area contributed by atoms with Crippen molar-refractivity contribution in [2.75, 3.05) is 18.0 Å². The molecule has 156 valence electrons. The van der Waals surface area contributed by atoms with Crippen LogP contribution in [-0.2, 0) is 29.9 Å². The fourth-order valence-electron chi connectivity index (χ4n) is 3.58. The highest BCUT2D eigenvalue weighted by atomic mass is 35.5. The second-order valence-electron chi connectivity index (χ2n) is 7.05. The number of halogens is 1. The zero-order valence-corrected chi connectivity index (χ0v) is 18.0. The average molecular weight is 445 g/mol. The highest BCUT2D eigenvalue weighted by molar-refractivity contribution is 7.89. The van der Waals surface area contributed by atoms with Crippen LogP contribution >= 0.6 is 11.6 Å². The molecular formula is C21H21ClN4O3S. The summed E-state index contributed by atoms with van der Waals surface area (Å²) in [5.74, 6) is 0. The highest BCUT2D eigenvalue weighted by Gasteiger charge is 2.43. The fourth-order valence-corrected chi connectivity index (χ4v) is 5.47. The largest absolute Gasteiger partial charge is 0.338 e. The second kappa shape index (κ2) is 8.12. The van der Waals surface area contributed by atoms with Crippen LogP contribution in [0.2, 0.25) is 5.02 Å². The Morgan fingerprint density at radius 2 is 1.67 bits per heavy atom. The summed E-state index contributed by atoms with van der Waals surface area (Å²) in [6, 6.07) is 16.3. The summed E-state index contributed by atoms with van der Waals surface area (Å²) < 4.78 is 28.6. The number of sulfonamides is 1. The molecule has 3 aromatic rings. The molecule has 2 heterocycles. The van der Waals surface area contributed by atoms with E-state index in [-0.39, 0.29) is 11.6 Å². The minimum absolute atomic E-state index is 0.0225. The summed E-state index contributed by atoms with van der Waals surface area (Å²) in [5, 5.41) is 4.73. The first-order valence-electron chi connectivity index (χ1n) is 9.53. The summed E-state index contributed by atoms with van der Waals surface area (Å²) in [6.45, 7) is 0.344. The van der Waals surface area contributed by atoms with Gasteiger partial charge >= 0.3 is 6.03 Å². The molecule has 0 saturated heterocycles. The van der Waals surface area contributed by atoms with Crippen LogP contribution in [0.15, 0.2) is 65.8 Å². The summed E-state index contributed by atoms with van der Waals surface area (Å²) in [4.78, 5) is 14.7. The standard InChI is InChI=1S/C21H21ClN4O3S/c1-24-20-19(15-23-24)25(13-12-17-9-5-6-10-18(17)22)21(27)26(30(20,28)29)14-11-16-7-3-2-4-8-16/h2-10,15H,11-14H2,1H3. The molecule has 0 aliphatic carbocycles. The Morgan fingerprint density at radius 1 is 0.967 bits per heavy atom. The van der Waals surface area contributed by atoms with Gasteiger partial charge in [-0.2, -0.15) is 13.5 Å². The van der Waals surface area contributed by atoms with Gasteiger partial charge in [0.15, 0.2) is 5.03 Å². The van der Waals surface area contributed by atoms with Crippen molar-refractivity contribution in [3.63, 3.8) is 0 Å². The van der Waals surface area contributed by atoms with E-state index in [4.69, 9.17) is 11.6 Å². The van der Waals surface area contributed by atoms with Gasteiger partial charge in [-0.15, -0.1) is 0 Å². The molecule has 0 radical (unpaired) electrons. The van der Waals surface area contributed by atoms with Crippen LogP contribution in [0.3, 0.4) is 0 Å². The third-order valence-corrected chi connectivity index (χ3v) is 7.39. The van der Waals surface area contributed by atoms with Gasteiger partial charge in [0.25, 0.3) is 10.0 Å². The van der Waals surface area contributed by atoms with Gasteiger partial charge in [-0.1, -0.05) is 60.1 Å². The Morgan fingerprint density at radius 3 is 2.40 bits per heavy atom. The molecule has 0 unspecified atom stereocenters. The molecular weight excluding hydrogens is 424 g/mol. The molecule has 9 heteroatoms. The van der Waals surface area contributed by atoms with Crippen molar-refractivity contribution in [2.45, 2.75) is 17.9 Å². The molecule has 4 rings (SSSR count). The zero-order valence-electron chi connectivity index (χ0n) is 16.4. The number of urea groups is 1. The predicted molar refractivity (Wildman–Crippen MR) is 115 cm³/mol. The number of fused-ring (bicyclic) bond motifs is 1. The van der Waals surface area contributed by atoms with E-state index >= 15 is 0 Å². The van der Waals surface area contributed by atoms with E-state index in [0.717, 1.165) is 15.4 Å². The topological polar surface area (TPSA) is 75.5 Å². The van der Waals surface area contributed by atoms with E-state index in [9.17, 15) is 13.2 Å². The summed E-state index contributed by atoms with van der Waals surface area (Å²) >= 11 is 6.25. The third-order valence-electron chi connectivity index (χ3n) is 5.14. The van der Waals surface area contributed by atoms with Gasteiger partial charge in [0.05, 0.1) is 6.20 Å². The van der Waals surface area contributed by atoms with Gasteiger partial charge in [-0.3, -0.25) is 9.58 Å². The number of carbonyl (C=O) groups is 1. The van der Waals surface area contributed by atoms with Crippen LogP contribution in [-0.4, -0.2) is 41.6 Å². The van der Waals surface area contributed by atoms with Crippen LogP contribution in [0.5, 0.6) is 0 Å². The first-order chi connectivity index (χ1) is 14.4. The van der Waals surface area contributed by atoms with Gasteiger partial charge in [0.2, 0.25) is 0 Å². The first-order valence-corrected chi connectivity index (χ1v) is 11.3. The molecule has 7 nitrogen and oxygen atoms in total. The second-order valence-corrected chi connectivity index (χ2v) is 9.23. The molecule has 0 atom stereocenters. The number of hydrogen-bond donors (Lipinski definition) is 0. The Kier molecular flexibility index (Phi) is 5.53. The molecule has 1 aliphatic heterocycles. The molecule has 1 aromatic heterocycles. The van der Waals surface area contributed by atoms with Crippen molar-refractivity contribution in [1.29, 1.82) is 0 Å². The van der Waals surface area contributed by atoms with Gasteiger partial charge in [0, 0.05) is 25.2 Å². The predicted octanol–water partition coefficient (Wildman–Crippen LogP) is 3.49. The van der Waals surface area contributed by atoms with Crippen LogP contribution in [0.4, 0.5) is 10.5 Å². The fraction of sp³-hybridized carbons (Fsp3) is 0.238. The lowest BCUT2D eigenvalue weighted by atomic mass is 10.1. The molecule has 30 heavy (non-hydrogen) atoms. The lowest BCUT2D eigenvalue weighted by Crippen LogP contribution is -2.52. The number of hydrogen-bond acceptors (Lipinski definition) is 4.